The Morgan fingerprint density at radius 3 is 2.36 bits per heavy atom. The second-order valence-electron chi connectivity index (χ2n) is 6.17. The molecule has 0 spiro atoms. The van der Waals surface area contributed by atoms with Gasteiger partial charge in [-0.1, -0.05) is 29.8 Å². The number of carbonyl (C=O) groups excluding carboxylic acids is 2. The zero-order valence-electron chi connectivity index (χ0n) is 14.0. The van der Waals surface area contributed by atoms with Crippen molar-refractivity contribution in [1.29, 1.82) is 0 Å². The molecule has 4 rings (SSSR count). The van der Waals surface area contributed by atoms with E-state index in [0.717, 1.165) is 16.9 Å². The minimum absolute atomic E-state index is 0.141. The van der Waals surface area contributed by atoms with Gasteiger partial charge in [0.1, 0.15) is 17.2 Å². The second-order valence-corrected chi connectivity index (χ2v) is 7.29. The molecule has 2 aromatic rings. The van der Waals surface area contributed by atoms with E-state index in [9.17, 15) is 9.59 Å². The van der Waals surface area contributed by atoms with Crippen molar-refractivity contribution in [2.24, 2.45) is 0 Å². The van der Waals surface area contributed by atoms with Crippen LogP contribution in [0.4, 0.5) is 10.5 Å². The first-order valence-corrected chi connectivity index (χ1v) is 9.13. The lowest BCUT2D eigenvalue weighted by Crippen LogP contribution is -2.33. The van der Waals surface area contributed by atoms with Gasteiger partial charge >= 0.3 is 6.03 Å². The molecule has 2 fully saturated rings. The Bertz CT molecular complexity index is 820. The van der Waals surface area contributed by atoms with E-state index in [-0.39, 0.29) is 17.3 Å². The number of methoxy groups -OCH3 is 1. The van der Waals surface area contributed by atoms with Gasteiger partial charge in [-0.25, -0.2) is 9.69 Å². The summed E-state index contributed by atoms with van der Waals surface area (Å²) in [6.07, 6.45) is 0. The normalized spacial score (nSPS) is 22.5. The number of fused-ring (bicyclic) bond motifs is 1. The maximum absolute atomic E-state index is 13.0. The number of urea groups is 1. The minimum Gasteiger partial charge on any atom is -0.497 e. The number of carbonyl (C=O) groups is 2. The number of thioether (sulfide) groups is 1. The zero-order chi connectivity index (χ0) is 17.6. The van der Waals surface area contributed by atoms with E-state index in [4.69, 9.17) is 4.74 Å². The first-order chi connectivity index (χ1) is 12.1. The topological polar surface area (TPSA) is 49.9 Å². The average Bonchev–Trinajstić information content (AvgIpc) is 3.17. The predicted octanol–water partition coefficient (Wildman–Crippen LogP) is 3.59. The number of anilines is 1. The van der Waals surface area contributed by atoms with Crippen molar-refractivity contribution in [2.45, 2.75) is 18.3 Å². The van der Waals surface area contributed by atoms with E-state index in [2.05, 4.69) is 0 Å². The minimum atomic E-state index is -0.397. The van der Waals surface area contributed by atoms with Gasteiger partial charge in [0, 0.05) is 5.75 Å². The van der Waals surface area contributed by atoms with E-state index in [0.29, 0.717) is 11.4 Å². The number of ether oxygens (including phenoxy) is 1. The Labute approximate surface area is 150 Å². The summed E-state index contributed by atoms with van der Waals surface area (Å²) in [6.45, 7) is 1.98. The molecule has 128 valence electrons. The summed E-state index contributed by atoms with van der Waals surface area (Å²) >= 11 is 1.62. The molecule has 0 aromatic heterocycles. The lowest BCUT2D eigenvalue weighted by Gasteiger charge is -2.23. The number of benzene rings is 2. The highest BCUT2D eigenvalue weighted by molar-refractivity contribution is 7.99. The Hall–Kier alpha value is -2.47. The molecule has 2 aliphatic rings. The second kappa shape index (κ2) is 6.11. The number of rotatable bonds is 3. The highest BCUT2D eigenvalue weighted by Crippen LogP contribution is 2.46. The molecule has 1 unspecified atom stereocenters. The van der Waals surface area contributed by atoms with Crippen LogP contribution in [0.25, 0.3) is 0 Å². The van der Waals surface area contributed by atoms with Crippen LogP contribution in [0.5, 0.6) is 5.75 Å². The summed E-state index contributed by atoms with van der Waals surface area (Å²) in [5.74, 6) is 1.25. The summed E-state index contributed by atoms with van der Waals surface area (Å²) in [4.78, 5) is 28.8. The van der Waals surface area contributed by atoms with E-state index in [1.807, 2.05) is 55.5 Å². The monoisotopic (exact) mass is 354 g/mol. The van der Waals surface area contributed by atoms with Gasteiger partial charge in [0.25, 0.3) is 5.91 Å². The summed E-state index contributed by atoms with van der Waals surface area (Å²) < 4.78 is 5.19. The first-order valence-electron chi connectivity index (χ1n) is 8.08. The van der Waals surface area contributed by atoms with Crippen molar-refractivity contribution in [3.05, 3.63) is 59.7 Å². The molecule has 2 aliphatic heterocycles. The maximum atomic E-state index is 13.0. The predicted molar refractivity (Wildman–Crippen MR) is 97.9 cm³/mol. The van der Waals surface area contributed by atoms with Gasteiger partial charge in [0.15, 0.2) is 0 Å². The van der Waals surface area contributed by atoms with Crippen LogP contribution in [0.1, 0.15) is 16.5 Å². The largest absolute Gasteiger partial charge is 0.497 e. The molecule has 3 amide bonds. The number of imide groups is 1. The summed E-state index contributed by atoms with van der Waals surface area (Å²) in [5.41, 5.74) is 2.73. The molecule has 5 nitrogen and oxygen atoms in total. The first kappa shape index (κ1) is 16.0. The summed E-state index contributed by atoms with van der Waals surface area (Å²) in [5, 5.41) is -0.150. The van der Waals surface area contributed by atoms with Crippen LogP contribution in [-0.4, -0.2) is 35.7 Å². The molecule has 6 heteroatoms. The molecule has 2 saturated heterocycles. The molecular weight excluding hydrogens is 336 g/mol. The number of hydrogen-bond donors (Lipinski definition) is 0. The third-order valence-corrected chi connectivity index (χ3v) is 5.93. The van der Waals surface area contributed by atoms with Gasteiger partial charge in [-0.15, -0.1) is 11.8 Å². The lowest BCUT2D eigenvalue weighted by atomic mass is 10.2. The highest BCUT2D eigenvalue weighted by atomic mass is 32.2. The number of amides is 3. The fraction of sp³-hybridized carbons (Fsp3) is 0.263. The van der Waals surface area contributed by atoms with Crippen LogP contribution >= 0.6 is 11.8 Å². The van der Waals surface area contributed by atoms with E-state index in [1.54, 1.807) is 23.8 Å². The molecule has 0 bridgehead atoms. The van der Waals surface area contributed by atoms with Crippen LogP contribution < -0.4 is 9.64 Å². The Morgan fingerprint density at radius 2 is 1.72 bits per heavy atom. The van der Waals surface area contributed by atoms with Gasteiger partial charge < -0.3 is 4.74 Å². The Morgan fingerprint density at radius 1 is 1.04 bits per heavy atom. The molecule has 2 atom stereocenters. The SMILES string of the molecule is COc1ccc(C2SC[C@H]3C(=O)N(c4ccc(C)cc4)C(=O)N23)cc1. The van der Waals surface area contributed by atoms with E-state index in [1.165, 1.54) is 4.90 Å². The highest BCUT2D eigenvalue weighted by Gasteiger charge is 2.53. The maximum Gasteiger partial charge on any atom is 0.333 e. The van der Waals surface area contributed by atoms with Gasteiger partial charge in [-0.3, -0.25) is 9.69 Å². The number of hydrogen-bond acceptors (Lipinski definition) is 4. The van der Waals surface area contributed by atoms with Crippen molar-refractivity contribution in [2.75, 3.05) is 17.8 Å². The van der Waals surface area contributed by atoms with Gasteiger partial charge in [0.05, 0.1) is 12.8 Å². The third kappa shape index (κ3) is 2.57. The Balaban J connectivity index is 1.65. The van der Waals surface area contributed by atoms with Crippen LogP contribution in [0.15, 0.2) is 48.5 Å². The molecule has 2 aromatic carbocycles. The van der Waals surface area contributed by atoms with Crippen LogP contribution in [0.3, 0.4) is 0 Å². The molecule has 25 heavy (non-hydrogen) atoms. The lowest BCUT2D eigenvalue weighted by molar-refractivity contribution is -0.119. The van der Waals surface area contributed by atoms with E-state index >= 15 is 0 Å². The van der Waals surface area contributed by atoms with Crippen LogP contribution in [-0.2, 0) is 4.79 Å². The number of aryl methyl sites for hydroxylation is 1. The Kier molecular flexibility index (Phi) is 3.92. The fourth-order valence-electron chi connectivity index (χ4n) is 3.25. The molecule has 0 aliphatic carbocycles. The zero-order valence-corrected chi connectivity index (χ0v) is 14.8. The molecule has 0 N–H and O–H groups in total. The molecule has 2 heterocycles. The van der Waals surface area contributed by atoms with Crippen molar-refractivity contribution in [3.8, 4) is 5.75 Å². The van der Waals surface area contributed by atoms with Gasteiger partial charge in [0.2, 0.25) is 0 Å². The summed E-state index contributed by atoms with van der Waals surface area (Å²) in [7, 11) is 1.62. The smallest absolute Gasteiger partial charge is 0.333 e. The molecular formula is C19H18N2O3S. The van der Waals surface area contributed by atoms with Crippen molar-refractivity contribution < 1.29 is 14.3 Å². The number of nitrogens with zero attached hydrogens (tertiary/aromatic N) is 2. The summed E-state index contributed by atoms with van der Waals surface area (Å²) in [6, 6.07) is 14.5. The average molecular weight is 354 g/mol. The quantitative estimate of drug-likeness (QED) is 0.791. The van der Waals surface area contributed by atoms with Gasteiger partial charge in [-0.05, 0) is 36.8 Å². The van der Waals surface area contributed by atoms with Crippen molar-refractivity contribution in [3.63, 3.8) is 0 Å². The molecule has 0 saturated carbocycles. The standard InChI is InChI=1S/C19H18N2O3S/c1-12-3-7-14(8-4-12)20-17(22)16-11-25-18(21(16)19(20)23)13-5-9-15(24-2)10-6-13/h3-10,16,18H,11H2,1-2H3/t16-,18?/m0/s1. The van der Waals surface area contributed by atoms with Crippen LogP contribution in [0.2, 0.25) is 0 Å². The van der Waals surface area contributed by atoms with Crippen molar-refractivity contribution >= 4 is 29.4 Å². The van der Waals surface area contributed by atoms with Crippen molar-refractivity contribution in [1.82, 2.24) is 4.90 Å². The fourth-order valence-corrected chi connectivity index (χ4v) is 4.66. The molecule has 0 radical (unpaired) electrons. The third-order valence-electron chi connectivity index (χ3n) is 4.61. The van der Waals surface area contributed by atoms with Crippen LogP contribution in [0, 0.1) is 6.92 Å². The van der Waals surface area contributed by atoms with E-state index < -0.39 is 6.04 Å². The van der Waals surface area contributed by atoms with Gasteiger partial charge in [-0.2, -0.15) is 0 Å².